The van der Waals surface area contributed by atoms with Crippen LogP contribution in [0.25, 0.3) is 0 Å². The highest BCUT2D eigenvalue weighted by Gasteiger charge is 2.43. The highest BCUT2D eigenvalue weighted by Crippen LogP contribution is 2.32. The summed E-state index contributed by atoms with van der Waals surface area (Å²) in [4.78, 5) is 14.5. The molecule has 1 N–H and O–H groups in total. The highest BCUT2D eigenvalue weighted by molar-refractivity contribution is 7.89. The molecule has 1 aromatic carbocycles. The molecule has 3 heterocycles. The molecule has 4 atom stereocenters. The molecular weight excluding hydrogens is 452 g/mol. The first-order chi connectivity index (χ1) is 15.9. The fraction of sp³-hybridized carbons (Fsp3) is 0.682. The van der Waals surface area contributed by atoms with Gasteiger partial charge in [-0.2, -0.15) is 4.31 Å². The van der Waals surface area contributed by atoms with E-state index in [-0.39, 0.29) is 43.1 Å². The van der Waals surface area contributed by atoms with E-state index in [1.54, 1.807) is 17.0 Å². The number of benzene rings is 1. The minimum absolute atomic E-state index is 0.00802. The Bertz CT molecular complexity index is 921. The number of methoxy groups -OCH3 is 1. The average Bonchev–Trinajstić information content (AvgIpc) is 2.82. The Labute approximate surface area is 194 Å². The Morgan fingerprint density at radius 1 is 1.18 bits per heavy atom. The maximum atomic E-state index is 13.6. The van der Waals surface area contributed by atoms with Crippen LogP contribution < -0.4 is 4.74 Å². The number of carbonyl (C=O) groups excluding carboxylic acids is 1. The van der Waals surface area contributed by atoms with Gasteiger partial charge in [-0.3, -0.25) is 4.79 Å². The van der Waals surface area contributed by atoms with E-state index in [1.807, 2.05) is 0 Å². The van der Waals surface area contributed by atoms with E-state index in [4.69, 9.17) is 18.9 Å². The maximum absolute atomic E-state index is 13.6. The summed E-state index contributed by atoms with van der Waals surface area (Å²) in [7, 11) is -2.45. The predicted octanol–water partition coefficient (Wildman–Crippen LogP) is 0.242. The van der Waals surface area contributed by atoms with Gasteiger partial charge < -0.3 is 29.0 Å². The number of aliphatic hydroxyl groups is 1. The number of aliphatic hydroxyl groups excluding tert-OH is 1. The number of carbonyl (C=O) groups is 1. The smallest absolute Gasteiger partial charge is 0.243 e. The van der Waals surface area contributed by atoms with E-state index in [0.717, 1.165) is 0 Å². The highest BCUT2D eigenvalue weighted by atomic mass is 32.2. The van der Waals surface area contributed by atoms with E-state index in [1.165, 1.54) is 23.5 Å². The Balaban J connectivity index is 1.51. The van der Waals surface area contributed by atoms with Gasteiger partial charge in [-0.05, 0) is 25.0 Å². The first-order valence-corrected chi connectivity index (χ1v) is 12.7. The van der Waals surface area contributed by atoms with Crippen molar-refractivity contribution in [1.82, 2.24) is 9.21 Å². The van der Waals surface area contributed by atoms with Crippen molar-refractivity contribution < 1.29 is 37.3 Å². The third-order valence-electron chi connectivity index (χ3n) is 6.35. The van der Waals surface area contributed by atoms with E-state index < -0.39 is 28.3 Å². The lowest BCUT2D eigenvalue weighted by Crippen LogP contribution is -2.57. The molecule has 0 spiro atoms. The molecule has 0 aliphatic carbocycles. The van der Waals surface area contributed by atoms with Crippen molar-refractivity contribution in [3.63, 3.8) is 0 Å². The second kappa shape index (κ2) is 10.7. The standard InChI is InChI=1S/C22H32N2O8S/c1-29-17-3-2-4-19(11-17)33(27,28)24-13-16(25)14-31-15-21-20(24)6-5-18(32-21)12-22(26)23-7-9-30-10-8-23/h2-4,11,16,18,20-21,25H,5-10,12-15H2,1H3/t16-,18+,20+,21-/m0/s1. The van der Waals surface area contributed by atoms with E-state index >= 15 is 0 Å². The van der Waals surface area contributed by atoms with Gasteiger partial charge in [0.15, 0.2) is 0 Å². The summed E-state index contributed by atoms with van der Waals surface area (Å²) in [5.74, 6) is 0.454. The molecule has 0 bridgehead atoms. The van der Waals surface area contributed by atoms with Crippen molar-refractivity contribution in [2.75, 3.05) is 53.2 Å². The summed E-state index contributed by atoms with van der Waals surface area (Å²) in [5.41, 5.74) is 0. The SMILES string of the molecule is COc1cccc(S(=O)(=O)N2C[C@H](O)COC[C@@H]3O[C@@H](CC(=O)N4CCOCC4)CC[C@H]32)c1. The van der Waals surface area contributed by atoms with E-state index in [9.17, 15) is 18.3 Å². The molecule has 11 heteroatoms. The van der Waals surface area contributed by atoms with Gasteiger partial charge >= 0.3 is 0 Å². The minimum Gasteiger partial charge on any atom is -0.497 e. The third-order valence-corrected chi connectivity index (χ3v) is 8.23. The van der Waals surface area contributed by atoms with Crippen molar-refractivity contribution in [3.05, 3.63) is 24.3 Å². The number of hydrogen-bond donors (Lipinski definition) is 1. The van der Waals surface area contributed by atoms with Crippen LogP contribution in [0.4, 0.5) is 0 Å². The number of sulfonamides is 1. The molecule has 10 nitrogen and oxygen atoms in total. The predicted molar refractivity (Wildman–Crippen MR) is 117 cm³/mol. The van der Waals surface area contributed by atoms with Gasteiger partial charge in [0.2, 0.25) is 15.9 Å². The van der Waals surface area contributed by atoms with Crippen LogP contribution in [-0.4, -0.2) is 106 Å². The number of hydrogen-bond acceptors (Lipinski definition) is 8. The first kappa shape index (κ1) is 24.4. The Kier molecular flexibility index (Phi) is 7.87. The van der Waals surface area contributed by atoms with Gasteiger partial charge in [0.05, 0.1) is 69.2 Å². The quantitative estimate of drug-likeness (QED) is 0.632. The molecule has 1 amide bonds. The van der Waals surface area contributed by atoms with Crippen molar-refractivity contribution in [1.29, 1.82) is 0 Å². The number of nitrogens with zero attached hydrogens (tertiary/aromatic N) is 2. The van der Waals surface area contributed by atoms with Crippen LogP contribution in [0.3, 0.4) is 0 Å². The Morgan fingerprint density at radius 3 is 2.73 bits per heavy atom. The third kappa shape index (κ3) is 5.67. The lowest BCUT2D eigenvalue weighted by atomic mass is 9.96. The minimum atomic E-state index is -3.93. The molecule has 0 radical (unpaired) electrons. The largest absolute Gasteiger partial charge is 0.497 e. The van der Waals surface area contributed by atoms with Crippen LogP contribution in [0.5, 0.6) is 5.75 Å². The maximum Gasteiger partial charge on any atom is 0.243 e. The van der Waals surface area contributed by atoms with Crippen LogP contribution in [0.1, 0.15) is 19.3 Å². The number of amides is 1. The number of morpholine rings is 1. The van der Waals surface area contributed by atoms with Gasteiger partial charge in [-0.15, -0.1) is 0 Å². The molecule has 0 saturated carbocycles. The lowest BCUT2D eigenvalue weighted by Gasteiger charge is -2.43. The topological polar surface area (TPSA) is 115 Å². The van der Waals surface area contributed by atoms with Gasteiger partial charge in [-0.1, -0.05) is 6.07 Å². The Hall–Kier alpha value is -1.76. The second-order valence-electron chi connectivity index (χ2n) is 8.58. The molecule has 33 heavy (non-hydrogen) atoms. The summed E-state index contributed by atoms with van der Waals surface area (Å²) in [6.45, 7) is 2.28. The van der Waals surface area contributed by atoms with Crippen molar-refractivity contribution in [2.45, 2.75) is 48.5 Å². The average molecular weight is 485 g/mol. The lowest BCUT2D eigenvalue weighted by molar-refractivity contribution is -0.153. The van der Waals surface area contributed by atoms with Crippen molar-refractivity contribution in [3.8, 4) is 5.75 Å². The molecular formula is C22H32N2O8S. The van der Waals surface area contributed by atoms with Crippen molar-refractivity contribution in [2.24, 2.45) is 0 Å². The van der Waals surface area contributed by atoms with E-state index in [0.29, 0.717) is 44.9 Å². The van der Waals surface area contributed by atoms with Crippen LogP contribution in [0.15, 0.2) is 29.2 Å². The second-order valence-corrected chi connectivity index (χ2v) is 10.5. The van der Waals surface area contributed by atoms with E-state index in [2.05, 4.69) is 0 Å². The Morgan fingerprint density at radius 2 is 1.97 bits per heavy atom. The molecule has 3 saturated heterocycles. The number of fused-ring (bicyclic) bond motifs is 1. The molecule has 3 aliphatic heterocycles. The molecule has 3 fully saturated rings. The zero-order valence-corrected chi connectivity index (χ0v) is 19.6. The molecule has 0 unspecified atom stereocenters. The van der Waals surface area contributed by atoms with Gasteiger partial charge in [0, 0.05) is 25.7 Å². The molecule has 184 valence electrons. The summed E-state index contributed by atoms with van der Waals surface area (Å²) in [5, 5.41) is 10.3. The summed E-state index contributed by atoms with van der Waals surface area (Å²) < 4.78 is 50.8. The van der Waals surface area contributed by atoms with Crippen LogP contribution >= 0.6 is 0 Å². The van der Waals surface area contributed by atoms with Crippen LogP contribution in [-0.2, 0) is 29.0 Å². The van der Waals surface area contributed by atoms with Gasteiger partial charge in [0.1, 0.15) is 5.75 Å². The number of β-amino-alcohol motifs (C(OH)–C–C–N with tert-alkyl or cyclic N) is 1. The van der Waals surface area contributed by atoms with Crippen LogP contribution in [0, 0.1) is 0 Å². The summed E-state index contributed by atoms with van der Waals surface area (Å²) >= 11 is 0. The number of ether oxygens (including phenoxy) is 4. The zero-order valence-electron chi connectivity index (χ0n) is 18.8. The molecule has 3 aliphatic rings. The summed E-state index contributed by atoms with van der Waals surface area (Å²) in [6.07, 6.45) is -0.506. The fourth-order valence-corrected chi connectivity index (χ4v) is 6.36. The van der Waals surface area contributed by atoms with Gasteiger partial charge in [-0.25, -0.2) is 8.42 Å². The van der Waals surface area contributed by atoms with Gasteiger partial charge in [0.25, 0.3) is 0 Å². The van der Waals surface area contributed by atoms with Crippen molar-refractivity contribution >= 4 is 15.9 Å². The summed E-state index contributed by atoms with van der Waals surface area (Å²) in [6, 6.07) is 5.78. The fourth-order valence-electron chi connectivity index (χ4n) is 4.60. The first-order valence-electron chi connectivity index (χ1n) is 11.3. The monoisotopic (exact) mass is 484 g/mol. The number of rotatable bonds is 5. The molecule has 1 aromatic rings. The normalized spacial score (nSPS) is 29.6. The zero-order chi connectivity index (χ0) is 23.4. The molecule has 4 rings (SSSR count). The molecule has 0 aromatic heterocycles. The van der Waals surface area contributed by atoms with Crippen LogP contribution in [0.2, 0.25) is 0 Å².